The Bertz CT molecular complexity index is 1030. The van der Waals surface area contributed by atoms with Gasteiger partial charge in [-0.05, 0) is 41.8 Å². The molecule has 0 spiro atoms. The van der Waals surface area contributed by atoms with Crippen molar-refractivity contribution < 1.29 is 14.3 Å². The van der Waals surface area contributed by atoms with Crippen LogP contribution in [-0.2, 0) is 22.4 Å². The third kappa shape index (κ3) is 8.33. The monoisotopic (exact) mass is 445 g/mol. The summed E-state index contributed by atoms with van der Waals surface area (Å²) >= 11 is 0. The van der Waals surface area contributed by atoms with Crippen LogP contribution in [0.3, 0.4) is 0 Å². The average Bonchev–Trinajstić information content (AvgIpc) is 2.83. The number of benzene rings is 3. The van der Waals surface area contributed by atoms with Gasteiger partial charge in [0.05, 0.1) is 13.2 Å². The molecule has 6 nitrogen and oxygen atoms in total. The Morgan fingerprint density at radius 3 is 2.27 bits per heavy atom. The maximum Gasteiger partial charge on any atom is 0.243 e. The predicted octanol–water partition coefficient (Wildman–Crippen LogP) is 4.38. The van der Waals surface area contributed by atoms with Crippen LogP contribution in [0.5, 0.6) is 5.75 Å². The van der Waals surface area contributed by atoms with E-state index in [2.05, 4.69) is 22.8 Å². The third-order valence-electron chi connectivity index (χ3n) is 5.15. The molecule has 6 heteroatoms. The summed E-state index contributed by atoms with van der Waals surface area (Å²) in [6.07, 6.45) is 1.99. The highest BCUT2D eigenvalue weighted by atomic mass is 16.5. The van der Waals surface area contributed by atoms with Crippen LogP contribution in [0.1, 0.15) is 17.5 Å². The molecule has 2 N–H and O–H groups in total. The SMILES string of the molecule is CN(C)C(=O)CCc1ccc(NC(=O)CNc2cccc(OCCc3ccccc3)c2)cc1. The molecule has 33 heavy (non-hydrogen) atoms. The van der Waals surface area contributed by atoms with Gasteiger partial charge in [-0.3, -0.25) is 9.59 Å². The van der Waals surface area contributed by atoms with Gasteiger partial charge in [0.1, 0.15) is 5.75 Å². The molecule has 0 saturated heterocycles. The lowest BCUT2D eigenvalue weighted by atomic mass is 10.1. The summed E-state index contributed by atoms with van der Waals surface area (Å²) in [5.74, 6) is 0.727. The molecule has 3 aromatic rings. The van der Waals surface area contributed by atoms with Gasteiger partial charge in [0.15, 0.2) is 0 Å². The molecule has 0 bridgehead atoms. The number of carbonyl (C=O) groups is 2. The maximum absolute atomic E-state index is 12.3. The van der Waals surface area contributed by atoms with E-state index < -0.39 is 0 Å². The Morgan fingerprint density at radius 2 is 1.55 bits per heavy atom. The van der Waals surface area contributed by atoms with E-state index >= 15 is 0 Å². The number of anilines is 2. The lowest BCUT2D eigenvalue weighted by Gasteiger charge is -2.11. The Morgan fingerprint density at radius 1 is 0.818 bits per heavy atom. The van der Waals surface area contributed by atoms with Crippen molar-refractivity contribution in [1.29, 1.82) is 0 Å². The van der Waals surface area contributed by atoms with E-state index in [1.807, 2.05) is 66.7 Å². The van der Waals surface area contributed by atoms with Crippen LogP contribution >= 0.6 is 0 Å². The first-order valence-electron chi connectivity index (χ1n) is 11.1. The van der Waals surface area contributed by atoms with Gasteiger partial charge in [-0.15, -0.1) is 0 Å². The van der Waals surface area contributed by atoms with Gasteiger partial charge in [-0.1, -0.05) is 48.5 Å². The molecule has 0 atom stereocenters. The summed E-state index contributed by atoms with van der Waals surface area (Å²) in [4.78, 5) is 25.6. The number of hydrogen-bond acceptors (Lipinski definition) is 4. The Kier molecular flexibility index (Phi) is 8.88. The van der Waals surface area contributed by atoms with Crippen molar-refractivity contribution in [2.75, 3.05) is 37.9 Å². The Balaban J connectivity index is 1.41. The molecule has 0 radical (unpaired) electrons. The number of nitrogens with zero attached hydrogens (tertiary/aromatic N) is 1. The molecule has 3 aromatic carbocycles. The van der Waals surface area contributed by atoms with E-state index in [-0.39, 0.29) is 18.4 Å². The molecule has 0 aliphatic carbocycles. The number of nitrogens with one attached hydrogen (secondary N) is 2. The molecule has 0 aliphatic rings. The molecule has 0 heterocycles. The maximum atomic E-state index is 12.3. The third-order valence-corrected chi connectivity index (χ3v) is 5.15. The van der Waals surface area contributed by atoms with Crippen molar-refractivity contribution in [2.24, 2.45) is 0 Å². The van der Waals surface area contributed by atoms with Crippen LogP contribution in [0.4, 0.5) is 11.4 Å². The molecule has 0 unspecified atom stereocenters. The summed E-state index contributed by atoms with van der Waals surface area (Å²) in [5, 5.41) is 6.02. The molecule has 3 rings (SSSR count). The number of rotatable bonds is 11. The second-order valence-electron chi connectivity index (χ2n) is 8.00. The fraction of sp³-hybridized carbons (Fsp3) is 0.259. The fourth-order valence-electron chi connectivity index (χ4n) is 3.24. The van der Waals surface area contributed by atoms with E-state index in [1.165, 1.54) is 5.56 Å². The first-order chi connectivity index (χ1) is 16.0. The summed E-state index contributed by atoms with van der Waals surface area (Å²) < 4.78 is 5.85. The minimum absolute atomic E-state index is 0.101. The number of amides is 2. The normalized spacial score (nSPS) is 10.4. The van der Waals surface area contributed by atoms with Crippen LogP contribution in [0.15, 0.2) is 78.9 Å². The first-order valence-corrected chi connectivity index (χ1v) is 11.1. The zero-order valence-corrected chi connectivity index (χ0v) is 19.2. The highest BCUT2D eigenvalue weighted by Crippen LogP contribution is 2.18. The minimum atomic E-state index is -0.138. The molecule has 0 saturated carbocycles. The molecular formula is C27H31N3O3. The fourth-order valence-corrected chi connectivity index (χ4v) is 3.24. The smallest absolute Gasteiger partial charge is 0.243 e. The van der Waals surface area contributed by atoms with Crippen molar-refractivity contribution in [2.45, 2.75) is 19.3 Å². The average molecular weight is 446 g/mol. The van der Waals surface area contributed by atoms with Gasteiger partial charge in [-0.2, -0.15) is 0 Å². The van der Waals surface area contributed by atoms with Crippen LogP contribution in [-0.4, -0.2) is 44.0 Å². The van der Waals surface area contributed by atoms with Gasteiger partial charge in [0, 0.05) is 44.4 Å². The van der Waals surface area contributed by atoms with Gasteiger partial charge in [-0.25, -0.2) is 0 Å². The zero-order valence-electron chi connectivity index (χ0n) is 19.2. The van der Waals surface area contributed by atoms with Crippen molar-refractivity contribution in [1.82, 2.24) is 4.90 Å². The van der Waals surface area contributed by atoms with Crippen molar-refractivity contribution in [3.63, 3.8) is 0 Å². The van der Waals surface area contributed by atoms with Crippen molar-refractivity contribution >= 4 is 23.2 Å². The lowest BCUT2D eigenvalue weighted by Crippen LogP contribution is -2.22. The van der Waals surface area contributed by atoms with Crippen LogP contribution in [0, 0.1) is 0 Å². The number of aryl methyl sites for hydroxylation is 1. The minimum Gasteiger partial charge on any atom is -0.493 e. The molecular weight excluding hydrogens is 414 g/mol. The second kappa shape index (κ2) is 12.3. The van der Waals surface area contributed by atoms with Crippen LogP contribution < -0.4 is 15.4 Å². The van der Waals surface area contributed by atoms with Gasteiger partial charge in [0.25, 0.3) is 0 Å². The highest BCUT2D eigenvalue weighted by Gasteiger charge is 2.06. The predicted molar refractivity (Wildman–Crippen MR) is 133 cm³/mol. The Hall–Kier alpha value is -3.80. The number of hydrogen-bond donors (Lipinski definition) is 2. The summed E-state index contributed by atoms with van der Waals surface area (Å²) in [5.41, 5.74) is 3.84. The standard InChI is InChI=1S/C27H31N3O3/c1-30(2)27(32)16-13-22-11-14-23(15-12-22)29-26(31)20-28-24-9-6-10-25(19-24)33-18-17-21-7-4-3-5-8-21/h3-12,14-15,19,28H,13,16-18,20H2,1-2H3,(H,29,31). The molecule has 172 valence electrons. The van der Waals surface area contributed by atoms with Gasteiger partial charge < -0.3 is 20.3 Å². The van der Waals surface area contributed by atoms with Crippen molar-refractivity contribution in [3.8, 4) is 5.75 Å². The van der Waals surface area contributed by atoms with E-state index in [0.717, 1.165) is 29.1 Å². The lowest BCUT2D eigenvalue weighted by molar-refractivity contribution is -0.128. The molecule has 0 aliphatic heterocycles. The second-order valence-corrected chi connectivity index (χ2v) is 8.00. The molecule has 0 aromatic heterocycles. The first kappa shape index (κ1) is 23.9. The zero-order chi connectivity index (χ0) is 23.5. The van der Waals surface area contributed by atoms with Gasteiger partial charge in [0.2, 0.25) is 11.8 Å². The summed E-state index contributed by atoms with van der Waals surface area (Å²) in [6, 6.07) is 25.4. The van der Waals surface area contributed by atoms with Gasteiger partial charge >= 0.3 is 0 Å². The Labute approximate surface area is 195 Å². The quantitative estimate of drug-likeness (QED) is 0.460. The van der Waals surface area contributed by atoms with E-state index in [9.17, 15) is 9.59 Å². The van der Waals surface area contributed by atoms with Crippen molar-refractivity contribution in [3.05, 3.63) is 90.0 Å². The largest absolute Gasteiger partial charge is 0.493 e. The molecule has 0 fully saturated rings. The summed E-state index contributed by atoms with van der Waals surface area (Å²) in [6.45, 7) is 0.736. The number of carbonyl (C=O) groups excluding carboxylic acids is 2. The number of ether oxygens (including phenoxy) is 1. The highest BCUT2D eigenvalue weighted by molar-refractivity contribution is 5.93. The van der Waals surface area contributed by atoms with E-state index in [4.69, 9.17) is 4.74 Å². The van der Waals surface area contributed by atoms with Crippen LogP contribution in [0.2, 0.25) is 0 Å². The summed E-state index contributed by atoms with van der Waals surface area (Å²) in [7, 11) is 3.51. The topological polar surface area (TPSA) is 70.7 Å². The van der Waals surface area contributed by atoms with E-state index in [1.54, 1.807) is 19.0 Å². The van der Waals surface area contributed by atoms with Crippen LogP contribution in [0.25, 0.3) is 0 Å². The van der Waals surface area contributed by atoms with E-state index in [0.29, 0.717) is 19.4 Å². The molecule has 2 amide bonds.